The van der Waals surface area contributed by atoms with Gasteiger partial charge in [-0.15, -0.1) is 0 Å². The van der Waals surface area contributed by atoms with E-state index in [1.165, 1.54) is 7.05 Å². The number of nitrogens with zero attached hydrogens (tertiary/aromatic N) is 1. The molecule has 0 bridgehead atoms. The van der Waals surface area contributed by atoms with Crippen molar-refractivity contribution in [1.29, 1.82) is 0 Å². The summed E-state index contributed by atoms with van der Waals surface area (Å²) in [6.07, 6.45) is 0.476. The molecular formula is C18H26F3NO5S2. The molecule has 1 aromatic carbocycles. The second-order valence-corrected chi connectivity index (χ2v) is 11.2. The third-order valence-corrected chi connectivity index (χ3v) is 7.66. The van der Waals surface area contributed by atoms with Crippen LogP contribution in [0.3, 0.4) is 0 Å². The van der Waals surface area contributed by atoms with Crippen LogP contribution in [0.4, 0.5) is 13.2 Å². The van der Waals surface area contributed by atoms with E-state index in [0.29, 0.717) is 12.3 Å². The van der Waals surface area contributed by atoms with Gasteiger partial charge in [-0.2, -0.15) is 21.6 Å². The van der Waals surface area contributed by atoms with Crippen LogP contribution in [0.15, 0.2) is 29.2 Å². The average Bonchev–Trinajstić information content (AvgIpc) is 2.64. The van der Waals surface area contributed by atoms with Crippen LogP contribution in [0.2, 0.25) is 0 Å². The van der Waals surface area contributed by atoms with E-state index in [-0.39, 0.29) is 24.0 Å². The summed E-state index contributed by atoms with van der Waals surface area (Å²) in [5.74, 6) is 0.490. The number of alkyl halides is 3. The molecule has 0 amide bonds. The van der Waals surface area contributed by atoms with Crippen molar-refractivity contribution in [3.05, 3.63) is 29.8 Å². The molecule has 0 unspecified atom stereocenters. The molecule has 2 rings (SSSR count). The Bertz CT molecular complexity index is 875. The zero-order chi connectivity index (χ0) is 21.9. The molecule has 166 valence electrons. The zero-order valence-corrected chi connectivity index (χ0v) is 18.0. The highest BCUT2D eigenvalue weighted by Gasteiger charge is 2.31. The summed E-state index contributed by atoms with van der Waals surface area (Å²) in [6.45, 7) is 0.437. The van der Waals surface area contributed by atoms with Gasteiger partial charge in [0.15, 0.2) is 0 Å². The van der Waals surface area contributed by atoms with Crippen molar-refractivity contribution in [3.63, 3.8) is 0 Å². The average molecular weight is 458 g/mol. The van der Waals surface area contributed by atoms with Gasteiger partial charge in [0, 0.05) is 13.6 Å². The lowest BCUT2D eigenvalue weighted by atomic mass is 9.81. The van der Waals surface area contributed by atoms with Crippen LogP contribution >= 0.6 is 0 Å². The molecule has 0 saturated heterocycles. The van der Waals surface area contributed by atoms with E-state index in [0.717, 1.165) is 60.5 Å². The zero-order valence-electron chi connectivity index (χ0n) is 16.4. The first-order valence-corrected chi connectivity index (χ1v) is 12.5. The summed E-state index contributed by atoms with van der Waals surface area (Å²) in [5.41, 5.74) is -0.893. The normalized spacial score (nSPS) is 21.4. The molecule has 0 heterocycles. The maximum atomic E-state index is 12.6. The Morgan fingerprint density at radius 2 is 1.52 bits per heavy atom. The van der Waals surface area contributed by atoms with Gasteiger partial charge in [-0.05, 0) is 55.4 Å². The molecular weight excluding hydrogens is 431 g/mol. The van der Waals surface area contributed by atoms with Crippen molar-refractivity contribution in [2.24, 2.45) is 11.8 Å². The lowest BCUT2D eigenvalue weighted by Crippen LogP contribution is -2.30. The summed E-state index contributed by atoms with van der Waals surface area (Å²) in [7, 11) is -5.89. The Kier molecular flexibility index (Phi) is 7.74. The predicted molar refractivity (Wildman–Crippen MR) is 102 cm³/mol. The molecule has 1 aliphatic rings. The predicted octanol–water partition coefficient (Wildman–Crippen LogP) is 3.50. The van der Waals surface area contributed by atoms with E-state index in [1.807, 2.05) is 0 Å². The van der Waals surface area contributed by atoms with Crippen LogP contribution in [-0.2, 0) is 30.5 Å². The fourth-order valence-electron chi connectivity index (χ4n) is 3.39. The van der Waals surface area contributed by atoms with Gasteiger partial charge < -0.3 is 0 Å². The molecule has 0 spiro atoms. The Labute approximate surface area is 170 Å². The van der Waals surface area contributed by atoms with Gasteiger partial charge in [-0.1, -0.05) is 12.8 Å². The monoisotopic (exact) mass is 457 g/mol. The third-order valence-electron chi connectivity index (χ3n) is 5.23. The van der Waals surface area contributed by atoms with Gasteiger partial charge in [-0.25, -0.2) is 12.7 Å². The Hall–Kier alpha value is -1.17. The minimum Gasteiger partial charge on any atom is -0.270 e. The van der Waals surface area contributed by atoms with E-state index in [2.05, 4.69) is 0 Å². The van der Waals surface area contributed by atoms with E-state index >= 15 is 0 Å². The minimum absolute atomic E-state index is 0.172. The Balaban J connectivity index is 1.85. The molecule has 1 fully saturated rings. The third kappa shape index (κ3) is 7.23. The molecule has 11 heteroatoms. The van der Waals surface area contributed by atoms with E-state index in [9.17, 15) is 30.0 Å². The first kappa shape index (κ1) is 24.1. The molecule has 6 nitrogen and oxygen atoms in total. The highest BCUT2D eigenvalue weighted by atomic mass is 32.2. The van der Waals surface area contributed by atoms with Crippen LogP contribution in [0.25, 0.3) is 0 Å². The maximum Gasteiger partial charge on any atom is 0.416 e. The number of halogens is 3. The lowest BCUT2D eigenvalue weighted by molar-refractivity contribution is -0.137. The molecule has 0 radical (unpaired) electrons. The van der Waals surface area contributed by atoms with Crippen molar-refractivity contribution < 1.29 is 34.2 Å². The molecule has 0 aromatic heterocycles. The maximum absolute atomic E-state index is 12.6. The highest BCUT2D eigenvalue weighted by molar-refractivity contribution is 7.89. The lowest BCUT2D eigenvalue weighted by Gasteiger charge is -2.29. The smallest absolute Gasteiger partial charge is 0.270 e. The Morgan fingerprint density at radius 3 is 2.00 bits per heavy atom. The molecule has 29 heavy (non-hydrogen) atoms. The van der Waals surface area contributed by atoms with E-state index in [4.69, 9.17) is 4.18 Å². The quantitative estimate of drug-likeness (QED) is 0.558. The van der Waals surface area contributed by atoms with Gasteiger partial charge in [-0.3, -0.25) is 4.18 Å². The van der Waals surface area contributed by atoms with Gasteiger partial charge in [0.25, 0.3) is 10.1 Å². The van der Waals surface area contributed by atoms with Gasteiger partial charge in [0.2, 0.25) is 10.0 Å². The van der Waals surface area contributed by atoms with Crippen LogP contribution in [0.5, 0.6) is 0 Å². The summed E-state index contributed by atoms with van der Waals surface area (Å²) in [4.78, 5) is -0.172. The highest BCUT2D eigenvalue weighted by Crippen LogP contribution is 2.32. The molecule has 0 atom stereocenters. The van der Waals surface area contributed by atoms with E-state index < -0.39 is 31.9 Å². The van der Waals surface area contributed by atoms with Crippen molar-refractivity contribution >= 4 is 20.1 Å². The van der Waals surface area contributed by atoms with Gasteiger partial charge in [0.1, 0.15) is 0 Å². The molecule has 0 aliphatic heterocycles. The fourth-order valence-corrected chi connectivity index (χ4v) is 5.01. The number of rotatable bonds is 8. The topological polar surface area (TPSA) is 80.8 Å². The summed E-state index contributed by atoms with van der Waals surface area (Å²) in [6, 6.07) is 3.48. The van der Waals surface area contributed by atoms with Crippen LogP contribution in [-0.4, -0.2) is 47.6 Å². The Morgan fingerprint density at radius 1 is 1.00 bits per heavy atom. The standard InChI is InChI=1S/C18H26F3NO5S2/c1-22(29(25,26)17-9-7-16(8-10-17)18(19,20)21)12-11-14-3-5-15(6-4-14)13-27-28(2,23)24/h7-10,14-15H,3-6,11-13H2,1-2H3. The number of benzene rings is 1. The minimum atomic E-state index is -4.51. The first-order valence-electron chi connectivity index (χ1n) is 9.27. The van der Waals surface area contributed by atoms with E-state index in [1.54, 1.807) is 0 Å². The van der Waals surface area contributed by atoms with Crippen LogP contribution in [0, 0.1) is 11.8 Å². The second-order valence-electron chi connectivity index (χ2n) is 7.51. The summed E-state index contributed by atoms with van der Waals surface area (Å²) in [5, 5.41) is 0. The number of hydrogen-bond acceptors (Lipinski definition) is 5. The fraction of sp³-hybridized carbons (Fsp3) is 0.667. The van der Waals surface area contributed by atoms with Gasteiger partial charge in [0.05, 0.1) is 23.3 Å². The second kappa shape index (κ2) is 9.32. The largest absolute Gasteiger partial charge is 0.416 e. The first-order chi connectivity index (χ1) is 13.3. The van der Waals surface area contributed by atoms with Gasteiger partial charge >= 0.3 is 6.18 Å². The van der Waals surface area contributed by atoms with Crippen molar-refractivity contribution in [2.45, 2.75) is 43.2 Å². The summed E-state index contributed by atoms with van der Waals surface area (Å²) < 4.78 is 91.2. The molecule has 1 aliphatic carbocycles. The molecule has 1 aromatic rings. The summed E-state index contributed by atoms with van der Waals surface area (Å²) >= 11 is 0. The molecule has 0 N–H and O–H groups in total. The van der Waals surface area contributed by atoms with Crippen molar-refractivity contribution in [2.75, 3.05) is 26.5 Å². The van der Waals surface area contributed by atoms with Crippen LogP contribution in [0.1, 0.15) is 37.7 Å². The number of hydrogen-bond donors (Lipinski definition) is 0. The van der Waals surface area contributed by atoms with Crippen molar-refractivity contribution in [3.8, 4) is 0 Å². The van der Waals surface area contributed by atoms with Crippen LogP contribution < -0.4 is 0 Å². The molecule has 1 saturated carbocycles. The SMILES string of the molecule is CN(CCC1CCC(COS(C)(=O)=O)CC1)S(=O)(=O)c1ccc(C(F)(F)F)cc1. The number of sulfonamides is 1. The van der Waals surface area contributed by atoms with Crippen molar-refractivity contribution in [1.82, 2.24) is 4.31 Å².